The Morgan fingerprint density at radius 3 is 2.56 bits per heavy atom. The molecule has 0 aliphatic carbocycles. The second-order valence-corrected chi connectivity index (χ2v) is 5.75. The van der Waals surface area contributed by atoms with E-state index in [1.54, 1.807) is 0 Å². The fraction of sp³-hybridized carbons (Fsp3) is 0. The molecule has 0 bridgehead atoms. The van der Waals surface area contributed by atoms with Gasteiger partial charge in [0.25, 0.3) is 5.69 Å². The van der Waals surface area contributed by atoms with Gasteiger partial charge in [0.2, 0.25) is 0 Å². The number of rotatable bonds is 2. The van der Waals surface area contributed by atoms with Crippen LogP contribution in [0.4, 0.5) is 5.69 Å². The van der Waals surface area contributed by atoms with E-state index >= 15 is 0 Å². The largest absolute Gasteiger partial charge is 0.304 e. The molecule has 0 saturated heterocycles. The third-order valence-corrected chi connectivity index (χ3v) is 4.35. The van der Waals surface area contributed by atoms with E-state index in [9.17, 15) is 18.5 Å². The molecular formula is C8H5NO5S2. The van der Waals surface area contributed by atoms with Crippen molar-refractivity contribution in [1.29, 1.82) is 0 Å². The lowest BCUT2D eigenvalue weighted by Crippen LogP contribution is -1.92. The predicted molar refractivity (Wildman–Crippen MR) is 58.3 cm³/mol. The summed E-state index contributed by atoms with van der Waals surface area (Å²) in [5, 5.41) is 11.0. The number of hydrogen-bond acceptors (Lipinski definition) is 5. The summed E-state index contributed by atoms with van der Waals surface area (Å²) >= 11 is 0.793. The smallest absolute Gasteiger partial charge is 0.281 e. The molecule has 2 aromatic rings. The lowest BCUT2D eigenvalue weighted by Gasteiger charge is -1.89. The first kappa shape index (κ1) is 11.0. The van der Waals surface area contributed by atoms with Gasteiger partial charge in [-0.1, -0.05) is 0 Å². The zero-order valence-electron chi connectivity index (χ0n) is 7.65. The molecule has 2 rings (SSSR count). The number of benzene rings is 1. The summed E-state index contributed by atoms with van der Waals surface area (Å²) in [5.74, 6) is 0. The van der Waals surface area contributed by atoms with Crippen molar-refractivity contribution in [2.24, 2.45) is 0 Å². The van der Waals surface area contributed by atoms with Crippen molar-refractivity contribution in [3.05, 3.63) is 34.4 Å². The van der Waals surface area contributed by atoms with E-state index in [0.29, 0.717) is 10.1 Å². The van der Waals surface area contributed by atoms with Gasteiger partial charge in [0, 0.05) is 16.8 Å². The summed E-state index contributed by atoms with van der Waals surface area (Å²) < 4.78 is 30.8. The minimum absolute atomic E-state index is 0.115. The van der Waals surface area contributed by atoms with Gasteiger partial charge in [-0.25, -0.2) is 0 Å². The first-order valence-corrected chi connectivity index (χ1v) is 6.29. The molecule has 1 heterocycles. The van der Waals surface area contributed by atoms with E-state index in [0.717, 1.165) is 11.3 Å². The molecule has 0 aliphatic rings. The summed E-state index contributed by atoms with van der Waals surface area (Å²) in [6.07, 6.45) is 0. The number of non-ortho nitro benzene ring substituents is 1. The first-order valence-electron chi connectivity index (χ1n) is 4.03. The minimum Gasteiger partial charge on any atom is -0.281 e. The van der Waals surface area contributed by atoms with E-state index in [2.05, 4.69) is 0 Å². The Balaban J connectivity index is 2.68. The van der Waals surface area contributed by atoms with Gasteiger partial charge in [-0.05, 0) is 17.5 Å². The van der Waals surface area contributed by atoms with Crippen molar-refractivity contribution in [2.45, 2.75) is 4.21 Å². The number of thiophene rings is 1. The Morgan fingerprint density at radius 2 is 2.00 bits per heavy atom. The second kappa shape index (κ2) is 3.51. The standard InChI is InChI=1S/C8H5NO5S2/c10-9(11)6-2-1-5-3-8(16(12,13)14)15-7(5)4-6/h1-4H,(H,12,13,14). The summed E-state index contributed by atoms with van der Waals surface area (Å²) in [6.45, 7) is 0. The van der Waals surface area contributed by atoms with Crippen LogP contribution in [-0.4, -0.2) is 17.9 Å². The van der Waals surface area contributed by atoms with Crippen molar-refractivity contribution < 1.29 is 17.9 Å². The van der Waals surface area contributed by atoms with Crippen LogP contribution in [0.1, 0.15) is 0 Å². The molecule has 0 amide bonds. The average molecular weight is 259 g/mol. The molecule has 0 fully saturated rings. The highest BCUT2D eigenvalue weighted by Crippen LogP contribution is 2.31. The van der Waals surface area contributed by atoms with Crippen molar-refractivity contribution in [1.82, 2.24) is 0 Å². The Labute approximate surface area is 94.0 Å². The van der Waals surface area contributed by atoms with Crippen LogP contribution in [0.2, 0.25) is 0 Å². The summed E-state index contributed by atoms with van der Waals surface area (Å²) in [4.78, 5) is 9.93. The molecule has 0 aliphatic heterocycles. The Bertz CT molecular complexity index is 673. The van der Waals surface area contributed by atoms with Crippen molar-refractivity contribution >= 4 is 37.2 Å². The molecule has 1 aromatic heterocycles. The fourth-order valence-electron chi connectivity index (χ4n) is 1.24. The van der Waals surface area contributed by atoms with Crippen molar-refractivity contribution in [2.75, 3.05) is 0 Å². The van der Waals surface area contributed by atoms with Crippen LogP contribution in [0.5, 0.6) is 0 Å². The number of fused-ring (bicyclic) bond motifs is 1. The maximum Gasteiger partial charge on any atom is 0.304 e. The van der Waals surface area contributed by atoms with Gasteiger partial charge < -0.3 is 0 Å². The van der Waals surface area contributed by atoms with Crippen molar-refractivity contribution in [3.63, 3.8) is 0 Å². The molecule has 0 atom stereocenters. The molecule has 0 spiro atoms. The SMILES string of the molecule is O=[N+]([O-])c1ccc2cc(S(=O)(=O)O)sc2c1. The second-order valence-electron chi connectivity index (χ2n) is 3.02. The minimum atomic E-state index is -4.25. The van der Waals surface area contributed by atoms with Crippen LogP contribution < -0.4 is 0 Å². The van der Waals surface area contributed by atoms with Crippen molar-refractivity contribution in [3.8, 4) is 0 Å². The normalized spacial score (nSPS) is 11.8. The monoisotopic (exact) mass is 259 g/mol. The summed E-state index contributed by atoms with van der Waals surface area (Å²) in [7, 11) is -4.25. The molecule has 8 heteroatoms. The Kier molecular flexibility index (Phi) is 2.41. The lowest BCUT2D eigenvalue weighted by molar-refractivity contribution is -0.384. The Hall–Kier alpha value is -1.51. The molecule has 84 valence electrons. The van der Waals surface area contributed by atoms with Crippen LogP contribution in [0.3, 0.4) is 0 Å². The topological polar surface area (TPSA) is 97.5 Å². The quantitative estimate of drug-likeness (QED) is 0.505. The molecule has 0 radical (unpaired) electrons. The lowest BCUT2D eigenvalue weighted by atomic mass is 10.2. The van der Waals surface area contributed by atoms with Crippen LogP contribution in [0.15, 0.2) is 28.5 Å². The van der Waals surface area contributed by atoms with Gasteiger partial charge in [-0.15, -0.1) is 11.3 Å². The highest BCUT2D eigenvalue weighted by atomic mass is 32.3. The maximum absolute atomic E-state index is 10.9. The van der Waals surface area contributed by atoms with Gasteiger partial charge >= 0.3 is 10.1 Å². The van der Waals surface area contributed by atoms with Crippen LogP contribution in [-0.2, 0) is 10.1 Å². The molecule has 1 aromatic carbocycles. The summed E-state index contributed by atoms with van der Waals surface area (Å²) in [5.41, 5.74) is -0.115. The van der Waals surface area contributed by atoms with E-state index in [1.165, 1.54) is 24.3 Å². The molecular weight excluding hydrogens is 254 g/mol. The third-order valence-electron chi connectivity index (χ3n) is 1.95. The van der Waals surface area contributed by atoms with Gasteiger partial charge in [0.05, 0.1) is 4.92 Å². The van der Waals surface area contributed by atoms with E-state index in [1.807, 2.05) is 0 Å². The maximum atomic E-state index is 10.9. The van der Waals surface area contributed by atoms with Crippen LogP contribution in [0, 0.1) is 10.1 Å². The average Bonchev–Trinajstić information content (AvgIpc) is 2.58. The summed E-state index contributed by atoms with van der Waals surface area (Å²) in [6, 6.07) is 5.27. The van der Waals surface area contributed by atoms with E-state index in [4.69, 9.17) is 4.55 Å². The fourth-order valence-corrected chi connectivity index (χ4v) is 3.03. The van der Waals surface area contributed by atoms with Gasteiger partial charge in [-0.2, -0.15) is 8.42 Å². The number of nitrogens with zero attached hydrogens (tertiary/aromatic N) is 1. The molecule has 0 unspecified atom stereocenters. The van der Waals surface area contributed by atoms with Gasteiger partial charge in [0.1, 0.15) is 4.21 Å². The molecule has 6 nitrogen and oxygen atoms in total. The first-order chi connectivity index (χ1) is 7.38. The zero-order valence-corrected chi connectivity index (χ0v) is 9.29. The van der Waals surface area contributed by atoms with E-state index in [-0.39, 0.29) is 9.90 Å². The van der Waals surface area contributed by atoms with E-state index < -0.39 is 15.0 Å². The molecule has 16 heavy (non-hydrogen) atoms. The van der Waals surface area contributed by atoms with Gasteiger partial charge in [0.15, 0.2) is 0 Å². The molecule has 1 N–H and O–H groups in total. The molecule has 0 saturated carbocycles. The van der Waals surface area contributed by atoms with Crippen LogP contribution in [0.25, 0.3) is 10.1 Å². The highest BCUT2D eigenvalue weighted by Gasteiger charge is 2.15. The highest BCUT2D eigenvalue weighted by molar-refractivity contribution is 7.88. The Morgan fingerprint density at radius 1 is 1.31 bits per heavy atom. The zero-order chi connectivity index (χ0) is 11.9. The predicted octanol–water partition coefficient (Wildman–Crippen LogP) is 2.06. The van der Waals surface area contributed by atoms with Crippen LogP contribution >= 0.6 is 11.3 Å². The number of hydrogen-bond donors (Lipinski definition) is 1. The third kappa shape index (κ3) is 1.90. The number of nitro benzene ring substituents is 1. The van der Waals surface area contributed by atoms with Gasteiger partial charge in [-0.3, -0.25) is 14.7 Å². The number of nitro groups is 1.